The molecule has 25 heavy (non-hydrogen) atoms. The summed E-state index contributed by atoms with van der Waals surface area (Å²) in [5, 5.41) is 3.26. The molecule has 1 aromatic rings. The van der Waals surface area contributed by atoms with Crippen LogP contribution in [0.3, 0.4) is 0 Å². The van der Waals surface area contributed by atoms with Crippen LogP contribution in [0.4, 0.5) is 4.79 Å². The molecule has 0 unspecified atom stereocenters. The fraction of sp³-hybridized carbons (Fsp3) is 0.556. The zero-order valence-electron chi connectivity index (χ0n) is 14.5. The number of amides is 3. The average molecular weight is 368 g/mol. The van der Waals surface area contributed by atoms with E-state index in [2.05, 4.69) is 5.32 Å². The summed E-state index contributed by atoms with van der Waals surface area (Å²) >= 11 is 6.14. The van der Waals surface area contributed by atoms with E-state index in [4.69, 9.17) is 22.1 Å². The second-order valence-corrected chi connectivity index (χ2v) is 6.75. The molecule has 0 saturated carbocycles. The molecule has 0 aliphatic carbocycles. The summed E-state index contributed by atoms with van der Waals surface area (Å²) in [5.74, 6) is 0.153. The van der Waals surface area contributed by atoms with Gasteiger partial charge in [-0.1, -0.05) is 23.7 Å². The van der Waals surface area contributed by atoms with Gasteiger partial charge in [0.15, 0.2) is 0 Å². The van der Waals surface area contributed by atoms with Crippen molar-refractivity contribution in [1.29, 1.82) is 0 Å². The molecule has 3 amide bonds. The number of benzene rings is 1. The third-order valence-electron chi connectivity index (χ3n) is 4.50. The molecule has 3 N–H and O–H groups in total. The van der Waals surface area contributed by atoms with Gasteiger partial charge in [-0.15, -0.1) is 0 Å². The lowest BCUT2D eigenvalue weighted by molar-refractivity contribution is -0.121. The van der Waals surface area contributed by atoms with Gasteiger partial charge in [-0.25, -0.2) is 4.79 Å². The quantitative estimate of drug-likeness (QED) is 0.726. The van der Waals surface area contributed by atoms with Crippen molar-refractivity contribution in [2.75, 3.05) is 26.7 Å². The lowest BCUT2D eigenvalue weighted by atomic mass is 9.88. The molecule has 7 heteroatoms. The molecule has 1 aromatic carbocycles. The second-order valence-electron chi connectivity index (χ2n) is 6.31. The number of halogens is 1. The van der Waals surface area contributed by atoms with Crippen LogP contribution >= 0.6 is 11.6 Å². The van der Waals surface area contributed by atoms with E-state index in [9.17, 15) is 9.59 Å². The highest BCUT2D eigenvalue weighted by atomic mass is 35.5. The van der Waals surface area contributed by atoms with Gasteiger partial charge in [-0.3, -0.25) is 4.79 Å². The summed E-state index contributed by atoms with van der Waals surface area (Å²) in [6, 6.07) is 7.21. The largest absolute Gasteiger partial charge is 0.373 e. The van der Waals surface area contributed by atoms with E-state index < -0.39 is 6.03 Å². The fourth-order valence-corrected chi connectivity index (χ4v) is 3.41. The van der Waals surface area contributed by atoms with Crippen LogP contribution in [0.1, 0.15) is 37.4 Å². The van der Waals surface area contributed by atoms with Gasteiger partial charge in [-0.2, -0.15) is 0 Å². The molecule has 2 rings (SSSR count). The molecule has 1 saturated heterocycles. The molecular weight excluding hydrogens is 342 g/mol. The molecule has 6 nitrogen and oxygen atoms in total. The topological polar surface area (TPSA) is 84.7 Å². The Labute approximate surface area is 153 Å². The number of urea groups is 1. The number of nitrogens with two attached hydrogens (primary N) is 1. The number of piperidine rings is 1. The van der Waals surface area contributed by atoms with Crippen LogP contribution < -0.4 is 11.1 Å². The van der Waals surface area contributed by atoms with Crippen molar-refractivity contribution in [2.45, 2.75) is 31.8 Å². The fourth-order valence-electron chi connectivity index (χ4n) is 3.21. The van der Waals surface area contributed by atoms with Crippen LogP contribution in [0.5, 0.6) is 0 Å². The molecule has 0 radical (unpaired) electrons. The zero-order chi connectivity index (χ0) is 18.2. The number of rotatable bonds is 7. The van der Waals surface area contributed by atoms with Gasteiger partial charge in [-0.05, 0) is 37.0 Å². The Balaban J connectivity index is 2.06. The Bertz CT molecular complexity index is 597. The number of nitrogens with zero attached hydrogens (tertiary/aromatic N) is 1. The Morgan fingerprint density at radius 3 is 2.96 bits per heavy atom. The Morgan fingerprint density at radius 2 is 2.28 bits per heavy atom. The first-order chi connectivity index (χ1) is 12.0. The molecule has 0 bridgehead atoms. The Hall–Kier alpha value is -1.79. The minimum absolute atomic E-state index is 0.000440. The van der Waals surface area contributed by atoms with Crippen LogP contribution in [-0.4, -0.2) is 43.6 Å². The monoisotopic (exact) mass is 367 g/mol. The van der Waals surface area contributed by atoms with Crippen molar-refractivity contribution < 1.29 is 14.3 Å². The summed E-state index contributed by atoms with van der Waals surface area (Å²) < 4.78 is 6.13. The van der Waals surface area contributed by atoms with Gasteiger partial charge in [0, 0.05) is 44.1 Å². The van der Waals surface area contributed by atoms with Gasteiger partial charge in [0.1, 0.15) is 0 Å². The zero-order valence-corrected chi connectivity index (χ0v) is 15.3. The lowest BCUT2D eigenvalue weighted by Gasteiger charge is -2.36. The molecule has 1 heterocycles. The number of nitrogens with one attached hydrogen (secondary N) is 1. The maximum Gasteiger partial charge on any atom is 0.314 e. The number of carbonyl (C=O) groups is 2. The maximum atomic E-state index is 11.5. The van der Waals surface area contributed by atoms with Crippen LogP contribution in [-0.2, 0) is 9.53 Å². The van der Waals surface area contributed by atoms with E-state index in [-0.39, 0.29) is 17.9 Å². The summed E-state index contributed by atoms with van der Waals surface area (Å²) in [7, 11) is 1.62. The second kappa shape index (κ2) is 9.63. The van der Waals surface area contributed by atoms with E-state index in [1.165, 1.54) is 0 Å². The van der Waals surface area contributed by atoms with Crippen LogP contribution in [0.25, 0.3) is 0 Å². The Morgan fingerprint density at radius 1 is 1.48 bits per heavy atom. The van der Waals surface area contributed by atoms with Crippen molar-refractivity contribution in [3.63, 3.8) is 0 Å². The minimum atomic E-state index is -0.394. The normalized spacial score (nSPS) is 18.6. The SMILES string of the molecule is CNC(=O)CCCO[C@@H](c1cccc(Cl)c1)[C@@H]1CCCN(C(N)=O)C1. The van der Waals surface area contributed by atoms with Crippen LogP contribution in [0, 0.1) is 5.92 Å². The maximum absolute atomic E-state index is 11.5. The van der Waals surface area contributed by atoms with Crippen LogP contribution in [0.15, 0.2) is 24.3 Å². The van der Waals surface area contributed by atoms with Crippen molar-refractivity contribution in [2.24, 2.45) is 11.7 Å². The number of ether oxygens (including phenoxy) is 1. The standard InChI is InChI=1S/C18H26ClN3O3/c1-21-16(23)8-4-10-25-17(13-5-2-7-15(19)11-13)14-6-3-9-22(12-14)18(20)24/h2,5,7,11,14,17H,3-4,6,8-10,12H2,1H3,(H2,20,24)(H,21,23)/t14-,17+/m1/s1. The lowest BCUT2D eigenvalue weighted by Crippen LogP contribution is -2.44. The van der Waals surface area contributed by atoms with E-state index >= 15 is 0 Å². The van der Waals surface area contributed by atoms with Gasteiger partial charge in [0.25, 0.3) is 0 Å². The molecule has 1 aliphatic heterocycles. The summed E-state index contributed by atoms with van der Waals surface area (Å²) in [4.78, 5) is 24.5. The highest BCUT2D eigenvalue weighted by molar-refractivity contribution is 6.30. The summed E-state index contributed by atoms with van der Waals surface area (Å²) in [6.45, 7) is 1.73. The first kappa shape index (κ1) is 19.5. The summed E-state index contributed by atoms with van der Waals surface area (Å²) in [5.41, 5.74) is 6.43. The first-order valence-corrected chi connectivity index (χ1v) is 9.01. The van der Waals surface area contributed by atoms with E-state index in [0.717, 1.165) is 18.4 Å². The number of hydrogen-bond acceptors (Lipinski definition) is 3. The Kier molecular flexibility index (Phi) is 7.52. The molecule has 0 spiro atoms. The third kappa shape index (κ3) is 5.90. The molecule has 138 valence electrons. The molecule has 0 aromatic heterocycles. The van der Waals surface area contributed by atoms with Crippen molar-refractivity contribution >= 4 is 23.5 Å². The van der Waals surface area contributed by atoms with E-state index in [1.807, 2.05) is 24.3 Å². The van der Waals surface area contributed by atoms with Gasteiger partial charge in [0.2, 0.25) is 5.91 Å². The van der Waals surface area contributed by atoms with Gasteiger partial charge >= 0.3 is 6.03 Å². The highest BCUT2D eigenvalue weighted by Crippen LogP contribution is 2.34. The predicted molar refractivity (Wildman–Crippen MR) is 97.3 cm³/mol. The predicted octanol–water partition coefficient (Wildman–Crippen LogP) is 2.71. The molecule has 1 aliphatic rings. The highest BCUT2D eigenvalue weighted by Gasteiger charge is 2.30. The first-order valence-electron chi connectivity index (χ1n) is 8.63. The average Bonchev–Trinajstić information content (AvgIpc) is 2.61. The minimum Gasteiger partial charge on any atom is -0.373 e. The molecule has 1 fully saturated rings. The number of hydrogen-bond donors (Lipinski definition) is 2. The smallest absolute Gasteiger partial charge is 0.314 e. The van der Waals surface area contributed by atoms with Crippen molar-refractivity contribution in [3.8, 4) is 0 Å². The number of carbonyl (C=O) groups excluding carboxylic acids is 2. The van der Waals surface area contributed by atoms with Gasteiger partial charge < -0.3 is 20.7 Å². The molecular formula is C18H26ClN3O3. The molecule has 2 atom stereocenters. The van der Waals surface area contributed by atoms with E-state index in [1.54, 1.807) is 11.9 Å². The third-order valence-corrected chi connectivity index (χ3v) is 4.73. The number of likely N-dealkylation sites (tertiary alicyclic amines) is 1. The van der Waals surface area contributed by atoms with Crippen LogP contribution in [0.2, 0.25) is 5.02 Å². The number of primary amides is 1. The van der Waals surface area contributed by atoms with Crippen molar-refractivity contribution in [3.05, 3.63) is 34.9 Å². The van der Waals surface area contributed by atoms with Crippen molar-refractivity contribution in [1.82, 2.24) is 10.2 Å². The van der Waals surface area contributed by atoms with E-state index in [0.29, 0.717) is 37.6 Å². The van der Waals surface area contributed by atoms with Gasteiger partial charge in [0.05, 0.1) is 6.10 Å². The summed E-state index contributed by atoms with van der Waals surface area (Å²) in [6.07, 6.45) is 2.74.